The summed E-state index contributed by atoms with van der Waals surface area (Å²) in [6, 6.07) is 17.4. The molecular formula is C15H14NSe+. The van der Waals surface area contributed by atoms with Crippen LogP contribution in [0.15, 0.2) is 48.5 Å². The van der Waals surface area contributed by atoms with E-state index in [1.165, 1.54) is 25.5 Å². The predicted molar refractivity (Wildman–Crippen MR) is 72.2 cm³/mol. The number of benzene rings is 2. The van der Waals surface area contributed by atoms with Crippen LogP contribution in [0.3, 0.4) is 0 Å². The van der Waals surface area contributed by atoms with Crippen molar-refractivity contribution in [2.75, 3.05) is 0 Å². The summed E-state index contributed by atoms with van der Waals surface area (Å²) in [4.78, 5) is 0. The van der Waals surface area contributed by atoms with Crippen molar-refractivity contribution in [2.24, 2.45) is 7.05 Å². The van der Waals surface area contributed by atoms with Crippen molar-refractivity contribution < 1.29 is 4.57 Å². The summed E-state index contributed by atoms with van der Waals surface area (Å²) < 4.78 is 5.30. The minimum absolute atomic E-state index is 0.428. The molecule has 0 aliphatic rings. The van der Waals surface area contributed by atoms with Crippen LogP contribution in [0.25, 0.3) is 19.9 Å². The number of aromatic nitrogens is 1. The standard InChI is InChI=1S/C15H14NSe/c1-11-7-3-4-8-12(11)15-16(2)13-9-5-6-10-14(13)17-15/h3-10H,1-2H3/q+1. The molecule has 0 aliphatic carbocycles. The molecular weight excluding hydrogens is 273 g/mol. The summed E-state index contributed by atoms with van der Waals surface area (Å²) in [6.07, 6.45) is 0. The molecule has 0 bridgehead atoms. The van der Waals surface area contributed by atoms with Crippen LogP contribution in [0.5, 0.6) is 0 Å². The Kier molecular flexibility index (Phi) is 2.62. The Hall–Kier alpha value is -1.37. The van der Waals surface area contributed by atoms with Gasteiger partial charge in [0.1, 0.15) is 0 Å². The van der Waals surface area contributed by atoms with Gasteiger partial charge in [0.2, 0.25) is 0 Å². The van der Waals surface area contributed by atoms with E-state index < -0.39 is 0 Å². The summed E-state index contributed by atoms with van der Waals surface area (Å²) in [5.41, 5.74) is 4.13. The molecule has 0 fully saturated rings. The topological polar surface area (TPSA) is 3.88 Å². The fourth-order valence-corrected chi connectivity index (χ4v) is 4.75. The normalized spacial score (nSPS) is 10.9. The molecule has 0 saturated carbocycles. The van der Waals surface area contributed by atoms with Crippen LogP contribution in [-0.2, 0) is 7.05 Å². The van der Waals surface area contributed by atoms with E-state index in [0.717, 1.165) is 0 Å². The van der Waals surface area contributed by atoms with Crippen LogP contribution in [0.1, 0.15) is 5.56 Å². The molecule has 0 N–H and O–H groups in total. The Morgan fingerprint density at radius 2 is 1.65 bits per heavy atom. The van der Waals surface area contributed by atoms with Crippen molar-refractivity contribution >= 4 is 24.3 Å². The molecule has 0 saturated heterocycles. The number of para-hydroxylation sites is 1. The molecule has 1 heterocycles. The van der Waals surface area contributed by atoms with Gasteiger partial charge in [-0.25, -0.2) is 0 Å². The fourth-order valence-electron chi connectivity index (χ4n) is 2.15. The van der Waals surface area contributed by atoms with Gasteiger partial charge in [-0.15, -0.1) is 0 Å². The van der Waals surface area contributed by atoms with Crippen molar-refractivity contribution in [3.63, 3.8) is 0 Å². The zero-order chi connectivity index (χ0) is 11.8. The van der Waals surface area contributed by atoms with Crippen LogP contribution in [0.2, 0.25) is 0 Å². The summed E-state index contributed by atoms with van der Waals surface area (Å²) in [6.45, 7) is 2.19. The second kappa shape index (κ2) is 4.14. The third-order valence-corrected chi connectivity index (χ3v) is 5.74. The average Bonchev–Trinajstić information content (AvgIpc) is 2.68. The summed E-state index contributed by atoms with van der Waals surface area (Å²) >= 11 is 0.428. The van der Waals surface area contributed by atoms with E-state index in [1.54, 1.807) is 0 Å². The van der Waals surface area contributed by atoms with Crippen molar-refractivity contribution in [3.8, 4) is 10.1 Å². The van der Waals surface area contributed by atoms with E-state index in [9.17, 15) is 0 Å². The van der Waals surface area contributed by atoms with Gasteiger partial charge in [-0.05, 0) is 0 Å². The van der Waals surface area contributed by atoms with Crippen molar-refractivity contribution in [2.45, 2.75) is 6.92 Å². The van der Waals surface area contributed by atoms with E-state index in [-0.39, 0.29) is 0 Å². The first-order valence-corrected chi connectivity index (χ1v) is 7.42. The predicted octanol–water partition coefficient (Wildman–Crippen LogP) is 2.70. The van der Waals surface area contributed by atoms with Gasteiger partial charge in [0, 0.05) is 0 Å². The van der Waals surface area contributed by atoms with Gasteiger partial charge in [-0.2, -0.15) is 0 Å². The van der Waals surface area contributed by atoms with Crippen LogP contribution >= 0.6 is 0 Å². The molecule has 2 aromatic carbocycles. The molecule has 0 atom stereocenters. The number of rotatable bonds is 1. The molecule has 1 nitrogen and oxygen atoms in total. The maximum atomic E-state index is 2.34. The zero-order valence-corrected chi connectivity index (χ0v) is 11.7. The summed E-state index contributed by atoms with van der Waals surface area (Å²) in [7, 11) is 2.18. The number of fused-ring (bicyclic) bond motifs is 1. The molecule has 0 amide bonds. The monoisotopic (exact) mass is 288 g/mol. The zero-order valence-electron chi connectivity index (χ0n) is 9.97. The van der Waals surface area contributed by atoms with Gasteiger partial charge in [0.25, 0.3) is 0 Å². The van der Waals surface area contributed by atoms with Gasteiger partial charge in [-0.3, -0.25) is 0 Å². The van der Waals surface area contributed by atoms with Crippen LogP contribution in [0.4, 0.5) is 0 Å². The molecule has 17 heavy (non-hydrogen) atoms. The minimum atomic E-state index is 0.428. The molecule has 1 aromatic heterocycles. The summed E-state index contributed by atoms with van der Waals surface area (Å²) in [5.74, 6) is 0. The summed E-state index contributed by atoms with van der Waals surface area (Å²) in [5, 5.41) is 0. The molecule has 2 heteroatoms. The Morgan fingerprint density at radius 3 is 2.41 bits per heavy atom. The molecule has 0 spiro atoms. The molecule has 3 rings (SSSR count). The SMILES string of the molecule is Cc1ccccc1-c1[se]c2ccccc2[n+]1C. The first-order valence-electron chi connectivity index (χ1n) is 5.71. The van der Waals surface area contributed by atoms with Crippen LogP contribution in [-0.4, -0.2) is 14.5 Å². The van der Waals surface area contributed by atoms with Crippen molar-refractivity contribution in [1.29, 1.82) is 0 Å². The average molecular weight is 287 g/mol. The Morgan fingerprint density at radius 1 is 0.941 bits per heavy atom. The third-order valence-electron chi connectivity index (χ3n) is 3.11. The van der Waals surface area contributed by atoms with E-state index in [1.807, 2.05) is 0 Å². The van der Waals surface area contributed by atoms with Gasteiger partial charge in [0.05, 0.1) is 0 Å². The molecule has 3 aromatic rings. The van der Waals surface area contributed by atoms with Crippen LogP contribution in [0, 0.1) is 6.92 Å². The van der Waals surface area contributed by atoms with E-state index in [0.29, 0.717) is 14.5 Å². The quantitative estimate of drug-likeness (QED) is 0.478. The number of hydrogen-bond donors (Lipinski definition) is 0. The first-order chi connectivity index (χ1) is 8.27. The maximum absolute atomic E-state index is 2.34. The van der Waals surface area contributed by atoms with Crippen molar-refractivity contribution in [3.05, 3.63) is 54.1 Å². The van der Waals surface area contributed by atoms with Gasteiger partial charge in [-0.1, -0.05) is 0 Å². The Labute approximate surface area is 107 Å². The molecule has 0 radical (unpaired) electrons. The number of hydrogen-bond acceptors (Lipinski definition) is 0. The van der Waals surface area contributed by atoms with Crippen LogP contribution < -0.4 is 4.57 Å². The Bertz CT molecular complexity index is 682. The second-order valence-corrected chi connectivity index (χ2v) is 6.41. The first kappa shape index (κ1) is 10.8. The third kappa shape index (κ3) is 1.74. The molecule has 0 unspecified atom stereocenters. The Balaban J connectivity index is 2.32. The number of aryl methyl sites for hydroxylation is 2. The van der Waals surface area contributed by atoms with E-state index in [4.69, 9.17) is 0 Å². The van der Waals surface area contributed by atoms with Gasteiger partial charge >= 0.3 is 107 Å². The number of nitrogens with zero attached hydrogens (tertiary/aromatic N) is 1. The van der Waals surface area contributed by atoms with Gasteiger partial charge in [0.15, 0.2) is 0 Å². The second-order valence-electron chi connectivity index (χ2n) is 4.25. The van der Waals surface area contributed by atoms with E-state index in [2.05, 4.69) is 67.1 Å². The van der Waals surface area contributed by atoms with Gasteiger partial charge < -0.3 is 0 Å². The van der Waals surface area contributed by atoms with Crippen molar-refractivity contribution in [1.82, 2.24) is 0 Å². The van der Waals surface area contributed by atoms with E-state index >= 15 is 0 Å². The fraction of sp³-hybridized carbons (Fsp3) is 0.133. The molecule has 84 valence electrons. The molecule has 0 aliphatic heterocycles.